The normalized spacial score (nSPS) is 17.8. The lowest BCUT2D eigenvalue weighted by Crippen LogP contribution is -2.59. The Labute approximate surface area is 98.5 Å². The first-order chi connectivity index (χ1) is 7.54. The van der Waals surface area contributed by atoms with E-state index in [1.807, 2.05) is 6.26 Å². The molecule has 16 heavy (non-hydrogen) atoms. The average molecular weight is 247 g/mol. The van der Waals surface area contributed by atoms with Crippen molar-refractivity contribution >= 4 is 23.7 Å². The minimum Gasteiger partial charge on any atom is -0.389 e. The zero-order valence-corrected chi connectivity index (χ0v) is 10.00. The molecule has 1 aliphatic heterocycles. The van der Waals surface area contributed by atoms with Crippen LogP contribution in [0.1, 0.15) is 6.42 Å². The van der Waals surface area contributed by atoms with Crippen molar-refractivity contribution < 1.29 is 14.7 Å². The van der Waals surface area contributed by atoms with Gasteiger partial charge in [0.15, 0.2) is 0 Å². The Hall–Kier alpha value is -0.950. The summed E-state index contributed by atoms with van der Waals surface area (Å²) in [5.41, 5.74) is 5.01. The third kappa shape index (κ3) is 3.57. The number of amides is 3. The summed E-state index contributed by atoms with van der Waals surface area (Å²) < 4.78 is 0. The largest absolute Gasteiger partial charge is 0.389 e. The molecule has 1 unspecified atom stereocenters. The van der Waals surface area contributed by atoms with Crippen LogP contribution in [0.3, 0.4) is 0 Å². The first kappa shape index (κ1) is 13.1. The molecule has 4 N–H and O–H groups in total. The molecule has 0 radical (unpaired) electrons. The molecule has 1 heterocycles. The van der Waals surface area contributed by atoms with Gasteiger partial charge in [-0.3, -0.25) is 4.79 Å². The van der Waals surface area contributed by atoms with Gasteiger partial charge in [0.25, 0.3) is 0 Å². The molecule has 0 aromatic carbocycles. The van der Waals surface area contributed by atoms with Crippen LogP contribution in [0.15, 0.2) is 0 Å². The third-order valence-electron chi connectivity index (χ3n) is 2.40. The van der Waals surface area contributed by atoms with Gasteiger partial charge in [-0.15, -0.1) is 0 Å². The Morgan fingerprint density at radius 2 is 2.25 bits per heavy atom. The highest BCUT2D eigenvalue weighted by Gasteiger charge is 2.33. The van der Waals surface area contributed by atoms with Gasteiger partial charge in [0.2, 0.25) is 5.91 Å². The molecular weight excluding hydrogens is 230 g/mol. The van der Waals surface area contributed by atoms with Crippen LogP contribution in [-0.4, -0.2) is 59.2 Å². The van der Waals surface area contributed by atoms with E-state index in [1.165, 1.54) is 4.90 Å². The number of β-amino-alcohol motifs (C(OH)–C–C–N with tert-alkyl or cyclic N) is 1. The second-order valence-corrected chi connectivity index (χ2v) is 4.73. The molecular formula is C9H17N3O3S. The van der Waals surface area contributed by atoms with E-state index < -0.39 is 18.2 Å². The van der Waals surface area contributed by atoms with Gasteiger partial charge in [-0.25, -0.2) is 4.79 Å². The highest BCUT2D eigenvalue weighted by Crippen LogP contribution is 2.12. The topological polar surface area (TPSA) is 95.7 Å². The summed E-state index contributed by atoms with van der Waals surface area (Å²) in [5.74, 6) is 0.603. The smallest absolute Gasteiger partial charge is 0.312 e. The second kappa shape index (κ2) is 5.95. The standard InChI is InChI=1S/C9H17N3O3S/c1-16-3-2-7(11-9(10)15)8(14)12-4-6(13)5-12/h6-7,13H,2-5H2,1H3,(H3,10,11,15). The van der Waals surface area contributed by atoms with Gasteiger partial charge in [0.05, 0.1) is 6.10 Å². The number of carbonyl (C=O) groups is 2. The maximum Gasteiger partial charge on any atom is 0.312 e. The molecule has 3 amide bonds. The molecule has 0 saturated carbocycles. The number of aliphatic hydroxyl groups excluding tert-OH is 1. The van der Waals surface area contributed by atoms with E-state index in [4.69, 9.17) is 10.8 Å². The Bertz CT molecular complexity index is 269. The summed E-state index contributed by atoms with van der Waals surface area (Å²) in [7, 11) is 0. The molecule has 1 rings (SSSR count). The lowest BCUT2D eigenvalue weighted by atomic mass is 10.1. The van der Waals surface area contributed by atoms with Gasteiger partial charge in [-0.05, 0) is 18.4 Å². The van der Waals surface area contributed by atoms with E-state index in [2.05, 4.69) is 5.32 Å². The van der Waals surface area contributed by atoms with E-state index in [-0.39, 0.29) is 5.91 Å². The van der Waals surface area contributed by atoms with Crippen molar-refractivity contribution in [2.75, 3.05) is 25.1 Å². The Balaban J connectivity index is 2.46. The van der Waals surface area contributed by atoms with Crippen LogP contribution in [0, 0.1) is 0 Å². The van der Waals surface area contributed by atoms with Gasteiger partial charge in [-0.2, -0.15) is 11.8 Å². The molecule has 1 fully saturated rings. The van der Waals surface area contributed by atoms with Crippen molar-refractivity contribution in [3.8, 4) is 0 Å². The molecule has 7 heteroatoms. The van der Waals surface area contributed by atoms with E-state index in [0.29, 0.717) is 19.5 Å². The SMILES string of the molecule is CSCCC(NC(N)=O)C(=O)N1CC(O)C1. The Morgan fingerprint density at radius 1 is 1.62 bits per heavy atom. The van der Waals surface area contributed by atoms with Crippen LogP contribution in [0.2, 0.25) is 0 Å². The number of hydrogen-bond acceptors (Lipinski definition) is 4. The minimum absolute atomic E-state index is 0.168. The van der Waals surface area contributed by atoms with E-state index in [9.17, 15) is 9.59 Å². The van der Waals surface area contributed by atoms with Crippen LogP contribution >= 0.6 is 11.8 Å². The van der Waals surface area contributed by atoms with Crippen LogP contribution in [0.25, 0.3) is 0 Å². The number of nitrogens with zero attached hydrogens (tertiary/aromatic N) is 1. The second-order valence-electron chi connectivity index (χ2n) is 3.74. The molecule has 0 aromatic rings. The van der Waals surface area contributed by atoms with Gasteiger partial charge in [-0.1, -0.05) is 0 Å². The van der Waals surface area contributed by atoms with Crippen molar-refractivity contribution in [3.05, 3.63) is 0 Å². The third-order valence-corrected chi connectivity index (χ3v) is 3.04. The van der Waals surface area contributed by atoms with Crippen molar-refractivity contribution in [2.24, 2.45) is 5.73 Å². The fourth-order valence-corrected chi connectivity index (χ4v) is 1.99. The highest BCUT2D eigenvalue weighted by atomic mass is 32.2. The number of nitrogens with two attached hydrogens (primary N) is 1. The summed E-state index contributed by atoms with van der Waals surface area (Å²) in [6.07, 6.45) is 2.05. The monoisotopic (exact) mass is 247 g/mol. The quantitative estimate of drug-likeness (QED) is 0.579. The molecule has 1 aliphatic rings. The summed E-state index contributed by atoms with van der Waals surface area (Å²) >= 11 is 1.60. The first-order valence-corrected chi connectivity index (χ1v) is 6.45. The summed E-state index contributed by atoms with van der Waals surface area (Å²) in [4.78, 5) is 24.1. The molecule has 1 atom stereocenters. The van der Waals surface area contributed by atoms with Crippen LogP contribution in [-0.2, 0) is 4.79 Å². The fraction of sp³-hybridized carbons (Fsp3) is 0.778. The number of thioether (sulfide) groups is 1. The number of hydrogen-bond donors (Lipinski definition) is 3. The summed E-state index contributed by atoms with van der Waals surface area (Å²) in [5, 5.41) is 11.5. The molecule has 0 spiro atoms. The van der Waals surface area contributed by atoms with E-state index in [0.717, 1.165) is 5.75 Å². The van der Waals surface area contributed by atoms with Crippen molar-refractivity contribution in [3.63, 3.8) is 0 Å². The maximum absolute atomic E-state index is 11.8. The number of primary amides is 1. The maximum atomic E-state index is 11.8. The van der Waals surface area contributed by atoms with E-state index >= 15 is 0 Å². The number of nitrogens with one attached hydrogen (secondary N) is 1. The summed E-state index contributed by atoms with van der Waals surface area (Å²) in [6.45, 7) is 0.685. The van der Waals surface area contributed by atoms with Crippen LogP contribution in [0.4, 0.5) is 4.79 Å². The molecule has 6 nitrogen and oxygen atoms in total. The van der Waals surface area contributed by atoms with Crippen molar-refractivity contribution in [1.29, 1.82) is 0 Å². The average Bonchev–Trinajstić information content (AvgIpc) is 2.18. The predicted octanol–water partition coefficient (Wildman–Crippen LogP) is -1.02. The Morgan fingerprint density at radius 3 is 2.69 bits per heavy atom. The number of likely N-dealkylation sites (tertiary alicyclic amines) is 1. The number of aliphatic hydroxyl groups is 1. The fourth-order valence-electron chi connectivity index (χ4n) is 1.52. The number of carbonyl (C=O) groups excluding carboxylic acids is 2. The van der Waals surface area contributed by atoms with Gasteiger partial charge >= 0.3 is 6.03 Å². The molecule has 0 aliphatic carbocycles. The Kier molecular flexibility index (Phi) is 4.88. The molecule has 1 saturated heterocycles. The zero-order chi connectivity index (χ0) is 12.1. The molecule has 92 valence electrons. The number of rotatable bonds is 5. The van der Waals surface area contributed by atoms with Gasteiger partial charge in [0, 0.05) is 13.1 Å². The highest BCUT2D eigenvalue weighted by molar-refractivity contribution is 7.98. The lowest BCUT2D eigenvalue weighted by molar-refractivity contribution is -0.143. The minimum atomic E-state index is -0.694. The van der Waals surface area contributed by atoms with Crippen molar-refractivity contribution in [2.45, 2.75) is 18.6 Å². The molecule has 0 aromatic heterocycles. The first-order valence-electron chi connectivity index (χ1n) is 5.06. The van der Waals surface area contributed by atoms with Crippen LogP contribution < -0.4 is 11.1 Å². The predicted molar refractivity (Wildman–Crippen MR) is 62.1 cm³/mol. The molecule has 0 bridgehead atoms. The summed E-state index contributed by atoms with van der Waals surface area (Å²) in [6, 6.07) is -1.27. The van der Waals surface area contributed by atoms with Gasteiger partial charge in [0.1, 0.15) is 6.04 Å². The van der Waals surface area contributed by atoms with E-state index in [1.54, 1.807) is 11.8 Å². The van der Waals surface area contributed by atoms with Gasteiger partial charge < -0.3 is 21.1 Å². The number of urea groups is 1. The van der Waals surface area contributed by atoms with Crippen LogP contribution in [0.5, 0.6) is 0 Å². The lowest BCUT2D eigenvalue weighted by Gasteiger charge is -2.38. The van der Waals surface area contributed by atoms with Crippen molar-refractivity contribution in [1.82, 2.24) is 10.2 Å². The zero-order valence-electron chi connectivity index (χ0n) is 9.18.